The highest BCUT2D eigenvalue weighted by atomic mass is 16.3. The minimum Gasteiger partial charge on any atom is -0.396 e. The summed E-state index contributed by atoms with van der Waals surface area (Å²) in [6.07, 6.45) is 7.50. The molecule has 0 aromatic carbocycles. The lowest BCUT2D eigenvalue weighted by molar-refractivity contribution is -0.00639. The highest BCUT2D eigenvalue weighted by Gasteiger charge is 2.21. The molecule has 0 radical (unpaired) electrons. The Hall–Kier alpha value is -0.120. The molecular weight excluding hydrogens is 216 g/mol. The molecular formula is C14H28O3. The van der Waals surface area contributed by atoms with E-state index >= 15 is 0 Å². The summed E-state index contributed by atoms with van der Waals surface area (Å²) in [6.45, 7) is 1.96. The Morgan fingerprint density at radius 2 is 1.71 bits per heavy atom. The molecule has 3 N–H and O–H groups in total. The third kappa shape index (κ3) is 5.84. The van der Waals surface area contributed by atoms with Crippen molar-refractivity contribution in [3.05, 3.63) is 0 Å². The molecule has 17 heavy (non-hydrogen) atoms. The maximum absolute atomic E-state index is 9.86. The van der Waals surface area contributed by atoms with E-state index in [1.54, 1.807) is 0 Å². The van der Waals surface area contributed by atoms with Gasteiger partial charge in [-0.15, -0.1) is 0 Å². The van der Waals surface area contributed by atoms with Crippen molar-refractivity contribution in [2.75, 3.05) is 6.61 Å². The van der Waals surface area contributed by atoms with E-state index in [9.17, 15) is 10.2 Å². The Morgan fingerprint density at radius 3 is 2.29 bits per heavy atom. The van der Waals surface area contributed by atoms with Crippen LogP contribution in [0.5, 0.6) is 0 Å². The molecule has 0 bridgehead atoms. The smallest absolute Gasteiger partial charge is 0.0802 e. The zero-order valence-corrected chi connectivity index (χ0v) is 11.0. The molecule has 0 aromatic rings. The second-order valence-corrected chi connectivity index (χ2v) is 5.74. The van der Waals surface area contributed by atoms with Crippen molar-refractivity contribution < 1.29 is 15.3 Å². The van der Waals surface area contributed by atoms with Gasteiger partial charge >= 0.3 is 0 Å². The van der Waals surface area contributed by atoms with Crippen LogP contribution in [-0.4, -0.2) is 34.1 Å². The SMILES string of the molecule is CC(CO)CC(O)C(O)CCC1CCCCC1. The van der Waals surface area contributed by atoms with Gasteiger partial charge in [0.15, 0.2) is 0 Å². The van der Waals surface area contributed by atoms with Gasteiger partial charge in [-0.3, -0.25) is 0 Å². The monoisotopic (exact) mass is 244 g/mol. The molecule has 0 spiro atoms. The largest absolute Gasteiger partial charge is 0.396 e. The summed E-state index contributed by atoms with van der Waals surface area (Å²) in [5, 5.41) is 28.6. The molecule has 1 aliphatic carbocycles. The van der Waals surface area contributed by atoms with Gasteiger partial charge in [-0.2, -0.15) is 0 Å². The van der Waals surface area contributed by atoms with Crippen molar-refractivity contribution in [1.82, 2.24) is 0 Å². The van der Waals surface area contributed by atoms with E-state index in [2.05, 4.69) is 0 Å². The Morgan fingerprint density at radius 1 is 1.06 bits per heavy atom. The third-order valence-electron chi connectivity index (χ3n) is 4.00. The van der Waals surface area contributed by atoms with Gasteiger partial charge < -0.3 is 15.3 Å². The van der Waals surface area contributed by atoms with Crippen molar-refractivity contribution in [2.24, 2.45) is 11.8 Å². The molecule has 0 amide bonds. The fraction of sp³-hybridized carbons (Fsp3) is 1.00. The molecule has 3 atom stereocenters. The van der Waals surface area contributed by atoms with Crippen molar-refractivity contribution in [3.8, 4) is 0 Å². The van der Waals surface area contributed by atoms with Gasteiger partial charge in [-0.1, -0.05) is 39.0 Å². The fourth-order valence-corrected chi connectivity index (χ4v) is 2.72. The van der Waals surface area contributed by atoms with Crippen LogP contribution in [0.1, 0.15) is 58.3 Å². The molecule has 3 nitrogen and oxygen atoms in total. The van der Waals surface area contributed by atoms with Gasteiger partial charge in [0.1, 0.15) is 0 Å². The first kappa shape index (κ1) is 14.9. The maximum Gasteiger partial charge on any atom is 0.0802 e. The van der Waals surface area contributed by atoms with Gasteiger partial charge in [0.25, 0.3) is 0 Å². The number of rotatable bonds is 7. The fourth-order valence-electron chi connectivity index (χ4n) is 2.72. The van der Waals surface area contributed by atoms with E-state index in [4.69, 9.17) is 5.11 Å². The van der Waals surface area contributed by atoms with E-state index in [1.165, 1.54) is 32.1 Å². The first-order valence-corrected chi connectivity index (χ1v) is 7.10. The molecule has 1 saturated carbocycles. The highest BCUT2D eigenvalue weighted by Crippen LogP contribution is 2.28. The van der Waals surface area contributed by atoms with Crippen LogP contribution < -0.4 is 0 Å². The number of aliphatic hydroxyl groups is 3. The maximum atomic E-state index is 9.86. The molecule has 3 heteroatoms. The van der Waals surface area contributed by atoms with E-state index in [-0.39, 0.29) is 12.5 Å². The summed E-state index contributed by atoms with van der Waals surface area (Å²) in [5.74, 6) is 0.815. The number of aliphatic hydroxyl groups excluding tert-OH is 3. The molecule has 102 valence electrons. The van der Waals surface area contributed by atoms with Gasteiger partial charge in [-0.25, -0.2) is 0 Å². The predicted octanol–water partition coefficient (Wildman–Crippen LogP) is 2.09. The lowest BCUT2D eigenvalue weighted by Gasteiger charge is -2.25. The Balaban J connectivity index is 2.16. The second kappa shape index (κ2) is 8.06. The predicted molar refractivity (Wildman–Crippen MR) is 68.7 cm³/mol. The van der Waals surface area contributed by atoms with Crippen LogP contribution in [0.25, 0.3) is 0 Å². The van der Waals surface area contributed by atoms with Crippen molar-refractivity contribution in [3.63, 3.8) is 0 Å². The topological polar surface area (TPSA) is 60.7 Å². The van der Waals surface area contributed by atoms with Crippen molar-refractivity contribution >= 4 is 0 Å². The number of hydrogen-bond acceptors (Lipinski definition) is 3. The minimum atomic E-state index is -0.680. The van der Waals surface area contributed by atoms with Gasteiger partial charge in [0.2, 0.25) is 0 Å². The second-order valence-electron chi connectivity index (χ2n) is 5.74. The zero-order chi connectivity index (χ0) is 12.7. The van der Waals surface area contributed by atoms with E-state index in [1.807, 2.05) is 6.92 Å². The standard InChI is InChI=1S/C14H28O3/c1-11(10-15)9-14(17)13(16)8-7-12-5-3-2-4-6-12/h11-17H,2-10H2,1H3. The van der Waals surface area contributed by atoms with Gasteiger partial charge in [0.05, 0.1) is 12.2 Å². The van der Waals surface area contributed by atoms with E-state index in [0.717, 1.165) is 12.3 Å². The van der Waals surface area contributed by atoms with Gasteiger partial charge in [-0.05, 0) is 31.1 Å². The van der Waals surface area contributed by atoms with Crippen LogP contribution in [0, 0.1) is 11.8 Å². The summed E-state index contributed by atoms with van der Waals surface area (Å²) in [6, 6.07) is 0. The van der Waals surface area contributed by atoms with Crippen LogP contribution in [-0.2, 0) is 0 Å². The average Bonchev–Trinajstić information content (AvgIpc) is 2.36. The zero-order valence-electron chi connectivity index (χ0n) is 11.0. The summed E-state index contributed by atoms with van der Waals surface area (Å²) in [7, 11) is 0. The Bertz CT molecular complexity index is 190. The molecule has 0 heterocycles. The third-order valence-corrected chi connectivity index (χ3v) is 4.00. The lowest BCUT2D eigenvalue weighted by atomic mass is 9.84. The summed E-state index contributed by atoms with van der Waals surface area (Å²) >= 11 is 0. The quantitative estimate of drug-likeness (QED) is 0.642. The van der Waals surface area contributed by atoms with Crippen LogP contribution in [0.4, 0.5) is 0 Å². The van der Waals surface area contributed by atoms with Crippen LogP contribution >= 0.6 is 0 Å². The number of hydrogen-bond donors (Lipinski definition) is 3. The lowest BCUT2D eigenvalue weighted by Crippen LogP contribution is -2.29. The van der Waals surface area contributed by atoms with E-state index < -0.39 is 12.2 Å². The van der Waals surface area contributed by atoms with Crippen molar-refractivity contribution in [1.29, 1.82) is 0 Å². The Kier molecular flexibility index (Phi) is 7.09. The summed E-state index contributed by atoms with van der Waals surface area (Å²) in [4.78, 5) is 0. The van der Waals surface area contributed by atoms with Crippen molar-refractivity contribution in [2.45, 2.75) is 70.5 Å². The van der Waals surface area contributed by atoms with E-state index in [0.29, 0.717) is 12.8 Å². The van der Waals surface area contributed by atoms with Crippen LogP contribution in [0.3, 0.4) is 0 Å². The highest BCUT2D eigenvalue weighted by molar-refractivity contribution is 4.73. The first-order chi connectivity index (χ1) is 8.13. The molecule has 3 unspecified atom stereocenters. The normalized spacial score (nSPS) is 23.3. The summed E-state index contributed by atoms with van der Waals surface area (Å²) in [5.41, 5.74) is 0. The molecule has 1 rings (SSSR count). The molecule has 0 aromatic heterocycles. The molecule has 1 fully saturated rings. The van der Waals surface area contributed by atoms with Crippen LogP contribution in [0.2, 0.25) is 0 Å². The molecule has 0 saturated heterocycles. The minimum absolute atomic E-state index is 0.0642. The van der Waals surface area contributed by atoms with Crippen LogP contribution in [0.15, 0.2) is 0 Å². The Labute approximate surface area is 105 Å². The first-order valence-electron chi connectivity index (χ1n) is 7.10. The molecule has 1 aliphatic rings. The average molecular weight is 244 g/mol. The summed E-state index contributed by atoms with van der Waals surface area (Å²) < 4.78 is 0. The molecule has 0 aliphatic heterocycles. The van der Waals surface area contributed by atoms with Gasteiger partial charge in [0, 0.05) is 6.61 Å².